The molecule has 0 aliphatic heterocycles. The van der Waals surface area contributed by atoms with E-state index in [9.17, 15) is 13.2 Å². The summed E-state index contributed by atoms with van der Waals surface area (Å²) >= 11 is 3.01. The molecule has 0 amide bonds. The highest BCUT2D eigenvalue weighted by molar-refractivity contribution is 9.10. The van der Waals surface area contributed by atoms with Crippen LogP contribution in [0.2, 0.25) is 0 Å². The number of aryl methyl sites for hydroxylation is 2. The van der Waals surface area contributed by atoms with E-state index in [2.05, 4.69) is 31.1 Å². The summed E-state index contributed by atoms with van der Waals surface area (Å²) in [6.45, 7) is 3.34. The van der Waals surface area contributed by atoms with Crippen LogP contribution in [0.15, 0.2) is 27.4 Å². The Labute approximate surface area is 131 Å². The lowest BCUT2D eigenvalue weighted by Crippen LogP contribution is -2.08. The molecular formula is C14H9BrF3N3O. The van der Waals surface area contributed by atoms with Crippen LogP contribution in [0.1, 0.15) is 16.7 Å². The van der Waals surface area contributed by atoms with Crippen LogP contribution in [0, 0.1) is 13.8 Å². The van der Waals surface area contributed by atoms with Crippen molar-refractivity contribution in [1.29, 1.82) is 0 Å². The van der Waals surface area contributed by atoms with Crippen molar-refractivity contribution in [2.24, 2.45) is 0 Å². The first kappa shape index (κ1) is 15.0. The van der Waals surface area contributed by atoms with Gasteiger partial charge in [-0.3, -0.25) is 0 Å². The number of benzene rings is 1. The number of pyridine rings is 1. The van der Waals surface area contributed by atoms with E-state index in [0.717, 1.165) is 6.07 Å². The number of hydrogen-bond donors (Lipinski definition) is 0. The molecule has 2 heterocycles. The summed E-state index contributed by atoms with van der Waals surface area (Å²) in [6.07, 6.45) is -4.49. The molecule has 22 heavy (non-hydrogen) atoms. The number of hydrogen-bond acceptors (Lipinski definition) is 4. The minimum absolute atomic E-state index is 0.0607. The van der Waals surface area contributed by atoms with Crippen LogP contribution in [0.5, 0.6) is 0 Å². The van der Waals surface area contributed by atoms with Gasteiger partial charge < -0.3 is 4.42 Å². The molecule has 0 saturated carbocycles. The minimum Gasteiger partial charge on any atom is -0.409 e. The molecule has 0 spiro atoms. The smallest absolute Gasteiger partial charge is 0.409 e. The van der Waals surface area contributed by atoms with Gasteiger partial charge in [0.2, 0.25) is 0 Å². The molecule has 3 rings (SSSR count). The van der Waals surface area contributed by atoms with Gasteiger partial charge in [-0.25, -0.2) is 4.98 Å². The average molecular weight is 372 g/mol. The van der Waals surface area contributed by atoms with Crippen LogP contribution in [0.3, 0.4) is 0 Å². The van der Waals surface area contributed by atoms with E-state index in [4.69, 9.17) is 4.42 Å². The Kier molecular flexibility index (Phi) is 3.43. The quantitative estimate of drug-likeness (QED) is 0.622. The van der Waals surface area contributed by atoms with E-state index in [1.54, 1.807) is 26.0 Å². The number of fused-ring (bicyclic) bond motifs is 1. The molecule has 1 aromatic carbocycles. The molecule has 114 valence electrons. The molecular weight excluding hydrogens is 363 g/mol. The molecule has 2 aromatic heterocycles. The minimum atomic E-state index is -4.49. The molecule has 0 unspecified atom stereocenters. The van der Waals surface area contributed by atoms with Crippen LogP contribution >= 0.6 is 15.9 Å². The first-order valence-corrected chi connectivity index (χ1v) is 7.03. The monoisotopic (exact) mass is 371 g/mol. The highest BCUT2D eigenvalue weighted by atomic mass is 79.9. The highest BCUT2D eigenvalue weighted by Crippen LogP contribution is 2.37. The zero-order chi connectivity index (χ0) is 16.1. The van der Waals surface area contributed by atoms with E-state index in [1.807, 2.05) is 0 Å². The largest absolute Gasteiger partial charge is 0.418 e. The predicted octanol–water partition coefficient (Wildman–Crippen LogP) is 4.68. The molecule has 3 aromatic rings. The van der Waals surface area contributed by atoms with Crippen molar-refractivity contribution in [3.63, 3.8) is 0 Å². The Morgan fingerprint density at radius 1 is 1.09 bits per heavy atom. The second-order valence-corrected chi connectivity index (χ2v) is 5.57. The second kappa shape index (κ2) is 5.05. The molecule has 0 fully saturated rings. The zero-order valence-electron chi connectivity index (χ0n) is 11.5. The highest BCUT2D eigenvalue weighted by Gasteiger charge is 2.34. The van der Waals surface area contributed by atoms with Crippen LogP contribution in [-0.4, -0.2) is 15.2 Å². The van der Waals surface area contributed by atoms with Gasteiger partial charge in [-0.1, -0.05) is 0 Å². The maximum atomic E-state index is 13.3. The van der Waals surface area contributed by atoms with Crippen molar-refractivity contribution in [1.82, 2.24) is 15.2 Å². The number of nitrogens with zero attached hydrogens (tertiary/aromatic N) is 3. The van der Waals surface area contributed by atoms with Crippen LogP contribution < -0.4 is 0 Å². The fraction of sp³-hybridized carbons (Fsp3) is 0.214. The number of aromatic nitrogens is 3. The molecule has 0 aliphatic rings. The van der Waals surface area contributed by atoms with Crippen molar-refractivity contribution >= 4 is 26.8 Å². The molecule has 0 radical (unpaired) electrons. The van der Waals surface area contributed by atoms with Gasteiger partial charge in [0.05, 0.1) is 11.1 Å². The molecule has 8 heteroatoms. The van der Waals surface area contributed by atoms with Crippen molar-refractivity contribution in [3.05, 3.63) is 39.7 Å². The van der Waals surface area contributed by atoms with Gasteiger partial charge >= 0.3 is 6.18 Å². The maximum Gasteiger partial charge on any atom is 0.418 e. The van der Waals surface area contributed by atoms with Gasteiger partial charge in [-0.2, -0.15) is 13.2 Å². The third kappa shape index (κ3) is 2.58. The Morgan fingerprint density at radius 3 is 2.41 bits per heavy atom. The lowest BCUT2D eigenvalue weighted by atomic mass is 10.0. The van der Waals surface area contributed by atoms with Gasteiger partial charge in [-0.05, 0) is 43.2 Å². The van der Waals surface area contributed by atoms with Crippen LogP contribution in [0.25, 0.3) is 22.5 Å². The summed E-state index contributed by atoms with van der Waals surface area (Å²) in [5.41, 5.74) is 0.493. The lowest BCUT2D eigenvalue weighted by Gasteiger charge is -2.13. The van der Waals surface area contributed by atoms with Crippen LogP contribution in [0.4, 0.5) is 13.2 Å². The van der Waals surface area contributed by atoms with E-state index >= 15 is 0 Å². The molecule has 0 saturated heterocycles. The number of rotatable bonds is 1. The first-order chi connectivity index (χ1) is 10.3. The third-order valence-corrected chi connectivity index (χ3v) is 3.51. The average Bonchev–Trinajstić information content (AvgIpc) is 2.84. The van der Waals surface area contributed by atoms with E-state index in [-0.39, 0.29) is 21.9 Å². The summed E-state index contributed by atoms with van der Waals surface area (Å²) in [5, 5.41) is 7.82. The van der Waals surface area contributed by atoms with Gasteiger partial charge in [0.15, 0.2) is 0 Å². The Hall–Kier alpha value is -1.96. The molecule has 0 bridgehead atoms. The number of alkyl halides is 3. The Balaban J connectivity index is 2.35. The van der Waals surface area contributed by atoms with Crippen molar-refractivity contribution in [2.45, 2.75) is 20.0 Å². The fourth-order valence-electron chi connectivity index (χ4n) is 2.27. The van der Waals surface area contributed by atoms with Gasteiger partial charge in [0, 0.05) is 21.3 Å². The Morgan fingerprint density at radius 2 is 1.82 bits per heavy atom. The maximum absolute atomic E-state index is 13.3. The summed E-state index contributed by atoms with van der Waals surface area (Å²) < 4.78 is 45.0. The van der Waals surface area contributed by atoms with Gasteiger partial charge in [0.25, 0.3) is 10.7 Å². The Bertz CT molecular complexity index is 874. The van der Waals surface area contributed by atoms with E-state index in [0.29, 0.717) is 16.5 Å². The summed E-state index contributed by atoms with van der Waals surface area (Å²) in [5.74, 6) is 0.0607. The third-order valence-electron chi connectivity index (χ3n) is 3.19. The van der Waals surface area contributed by atoms with Crippen molar-refractivity contribution in [3.8, 4) is 11.6 Å². The molecule has 4 nitrogen and oxygen atoms in total. The molecule has 0 N–H and O–H groups in total. The molecule has 0 atom stereocenters. The van der Waals surface area contributed by atoms with Crippen molar-refractivity contribution in [2.75, 3.05) is 0 Å². The SMILES string of the molecule is Cc1cc(C(F)(F)F)c2nc(-c3nnc(Br)o3)cc(C)c2c1. The lowest BCUT2D eigenvalue weighted by molar-refractivity contribution is -0.136. The number of halogens is 4. The summed E-state index contributed by atoms with van der Waals surface area (Å²) in [4.78, 5) is 4.23. The standard InChI is InChI=1S/C14H9BrF3N3O/c1-6-3-8-7(2)5-10(12-20-21-13(15)22-12)19-11(8)9(4-6)14(16,17)18/h3-5H,1-2H3. The first-order valence-electron chi connectivity index (χ1n) is 6.24. The van der Waals surface area contributed by atoms with Crippen molar-refractivity contribution < 1.29 is 17.6 Å². The predicted molar refractivity (Wildman–Crippen MR) is 77.2 cm³/mol. The fourth-order valence-corrected chi connectivity index (χ4v) is 2.50. The molecule has 0 aliphatic carbocycles. The van der Waals surface area contributed by atoms with Gasteiger partial charge in [0.1, 0.15) is 5.69 Å². The van der Waals surface area contributed by atoms with Crippen LogP contribution in [-0.2, 0) is 6.18 Å². The summed E-state index contributed by atoms with van der Waals surface area (Å²) in [7, 11) is 0. The topological polar surface area (TPSA) is 51.8 Å². The van der Waals surface area contributed by atoms with E-state index < -0.39 is 11.7 Å². The summed E-state index contributed by atoms with van der Waals surface area (Å²) in [6, 6.07) is 4.39. The second-order valence-electron chi connectivity index (χ2n) is 4.89. The van der Waals surface area contributed by atoms with Gasteiger partial charge in [-0.15, -0.1) is 10.2 Å². The zero-order valence-corrected chi connectivity index (χ0v) is 13.1. The van der Waals surface area contributed by atoms with E-state index in [1.165, 1.54) is 0 Å². The normalized spacial score (nSPS) is 12.1.